The number of piperidine rings is 1. The van der Waals surface area contributed by atoms with Crippen LogP contribution < -0.4 is 14.4 Å². The van der Waals surface area contributed by atoms with E-state index >= 15 is 0 Å². The molecule has 4 atom stereocenters. The Morgan fingerprint density at radius 1 is 1.02 bits per heavy atom. The highest BCUT2D eigenvalue weighted by atomic mass is 32.2. The summed E-state index contributed by atoms with van der Waals surface area (Å²) in [5, 5.41) is 11.0. The van der Waals surface area contributed by atoms with Crippen molar-refractivity contribution in [3.05, 3.63) is 83.4 Å². The minimum Gasteiger partial charge on any atom is -0.497 e. The van der Waals surface area contributed by atoms with E-state index in [2.05, 4.69) is 11.0 Å². The predicted octanol–water partition coefficient (Wildman–Crippen LogP) is 5.78. The van der Waals surface area contributed by atoms with Crippen LogP contribution >= 0.6 is 0 Å². The fraction of sp³-hybridized carbons (Fsp3) is 0.514. The quantitative estimate of drug-likeness (QED) is 0.217. The van der Waals surface area contributed by atoms with Gasteiger partial charge < -0.3 is 29.0 Å². The summed E-state index contributed by atoms with van der Waals surface area (Å²) in [6, 6.07) is 20.6. The van der Waals surface area contributed by atoms with Crippen LogP contribution in [0.25, 0.3) is 0 Å². The largest absolute Gasteiger partial charge is 0.497 e. The van der Waals surface area contributed by atoms with Gasteiger partial charge in [-0.25, -0.2) is 8.42 Å². The Balaban J connectivity index is 1.46. The van der Waals surface area contributed by atoms with Crippen molar-refractivity contribution < 1.29 is 32.5 Å². The third-order valence-corrected chi connectivity index (χ3v) is 11.4. The molecule has 2 aliphatic rings. The number of hydrogen-bond donors (Lipinski definition) is 1. The molecule has 0 bridgehead atoms. The van der Waals surface area contributed by atoms with Crippen LogP contribution in [0.15, 0.2) is 71.6 Å². The highest BCUT2D eigenvalue weighted by Crippen LogP contribution is 2.40. The number of benzene rings is 3. The van der Waals surface area contributed by atoms with Crippen LogP contribution in [-0.4, -0.2) is 83.1 Å². The minimum atomic E-state index is -3.87. The first-order valence-corrected chi connectivity index (χ1v) is 18.1. The predicted molar refractivity (Wildman–Crippen MR) is 184 cm³/mol. The number of ether oxygens (including phenoxy) is 4. The molecule has 0 aliphatic carbocycles. The molecule has 256 valence electrons. The van der Waals surface area contributed by atoms with E-state index < -0.39 is 28.3 Å². The van der Waals surface area contributed by atoms with Gasteiger partial charge in [0.2, 0.25) is 10.0 Å². The zero-order chi connectivity index (χ0) is 33.6. The van der Waals surface area contributed by atoms with E-state index in [4.69, 9.17) is 18.9 Å². The summed E-state index contributed by atoms with van der Waals surface area (Å²) in [7, 11) is -0.516. The summed E-state index contributed by atoms with van der Waals surface area (Å²) in [6.07, 6.45) is 0.693. The molecule has 47 heavy (non-hydrogen) atoms. The number of aliphatic hydroxyl groups is 1. The summed E-state index contributed by atoms with van der Waals surface area (Å²) >= 11 is 0. The van der Waals surface area contributed by atoms with Gasteiger partial charge in [-0.2, -0.15) is 4.31 Å². The zero-order valence-electron chi connectivity index (χ0n) is 28.3. The molecule has 0 amide bonds. The van der Waals surface area contributed by atoms with Gasteiger partial charge in [-0.15, -0.1) is 0 Å². The number of sulfonamides is 1. The maximum Gasteiger partial charge on any atom is 0.243 e. The van der Waals surface area contributed by atoms with E-state index in [0.29, 0.717) is 32.7 Å². The third kappa shape index (κ3) is 8.48. The molecule has 2 heterocycles. The maximum absolute atomic E-state index is 14.3. The molecule has 0 radical (unpaired) electrons. The Morgan fingerprint density at radius 2 is 1.77 bits per heavy atom. The normalized spacial score (nSPS) is 20.9. The van der Waals surface area contributed by atoms with Gasteiger partial charge in [-0.3, -0.25) is 0 Å². The number of nitrogens with zero attached hydrogens (tertiary/aromatic N) is 2. The number of fused-ring (bicyclic) bond motifs is 1. The van der Waals surface area contributed by atoms with E-state index in [-0.39, 0.29) is 23.3 Å². The Hall–Kier alpha value is -3.15. The molecule has 0 aromatic heterocycles. The van der Waals surface area contributed by atoms with Gasteiger partial charge in [-0.1, -0.05) is 49.7 Å². The van der Waals surface area contributed by atoms with Crippen LogP contribution in [-0.2, 0) is 26.1 Å². The third-order valence-electron chi connectivity index (χ3n) is 9.42. The molecule has 1 fully saturated rings. The van der Waals surface area contributed by atoms with Crippen LogP contribution in [0.1, 0.15) is 55.7 Å². The molecule has 1 saturated heterocycles. The van der Waals surface area contributed by atoms with Crippen LogP contribution in [0.3, 0.4) is 0 Å². The first kappa shape index (κ1) is 35.2. The first-order valence-electron chi connectivity index (χ1n) is 16.6. The number of aryl methyl sites for hydroxylation is 1. The maximum atomic E-state index is 14.3. The van der Waals surface area contributed by atoms with E-state index in [1.807, 2.05) is 69.3 Å². The second-order valence-electron chi connectivity index (χ2n) is 13.0. The lowest BCUT2D eigenvalue weighted by Crippen LogP contribution is -2.53. The molecule has 10 heteroatoms. The number of hydrogen-bond acceptors (Lipinski definition) is 8. The molecule has 2 aliphatic heterocycles. The highest BCUT2D eigenvalue weighted by Gasteiger charge is 2.43. The number of methoxy groups -OCH3 is 2. The van der Waals surface area contributed by atoms with Crippen molar-refractivity contribution in [1.29, 1.82) is 0 Å². The molecular formula is C37H50N2O7S. The topological polar surface area (TPSA) is 97.8 Å². The van der Waals surface area contributed by atoms with E-state index in [1.54, 1.807) is 30.7 Å². The molecule has 0 spiro atoms. The Labute approximate surface area is 280 Å². The molecule has 2 unspecified atom stereocenters. The average molecular weight is 667 g/mol. The van der Waals surface area contributed by atoms with Gasteiger partial charge in [0, 0.05) is 38.8 Å². The second kappa shape index (κ2) is 15.8. The van der Waals surface area contributed by atoms with E-state index in [1.165, 1.54) is 0 Å². The summed E-state index contributed by atoms with van der Waals surface area (Å²) in [5.74, 6) is 1.51. The summed E-state index contributed by atoms with van der Waals surface area (Å²) in [6.45, 7) is 9.34. The molecular weight excluding hydrogens is 616 g/mol. The second-order valence-corrected chi connectivity index (χ2v) is 14.9. The van der Waals surface area contributed by atoms with Crippen LogP contribution in [0, 0.1) is 12.8 Å². The molecule has 5 rings (SSSR count). The van der Waals surface area contributed by atoms with Crippen molar-refractivity contribution in [2.75, 3.05) is 52.0 Å². The van der Waals surface area contributed by atoms with Gasteiger partial charge in [0.25, 0.3) is 0 Å². The lowest BCUT2D eigenvalue weighted by Gasteiger charge is -2.44. The van der Waals surface area contributed by atoms with Gasteiger partial charge in [-0.05, 0) is 79.6 Å². The lowest BCUT2D eigenvalue weighted by molar-refractivity contribution is -0.0285. The van der Waals surface area contributed by atoms with Crippen molar-refractivity contribution in [1.82, 2.24) is 4.31 Å². The fourth-order valence-corrected chi connectivity index (χ4v) is 8.19. The minimum absolute atomic E-state index is 0.00519. The molecule has 9 nitrogen and oxygen atoms in total. The van der Waals surface area contributed by atoms with Gasteiger partial charge >= 0.3 is 0 Å². The lowest BCUT2D eigenvalue weighted by atomic mass is 9.81. The van der Waals surface area contributed by atoms with Crippen molar-refractivity contribution in [3.8, 4) is 11.5 Å². The van der Waals surface area contributed by atoms with Gasteiger partial charge in [0.1, 0.15) is 18.1 Å². The van der Waals surface area contributed by atoms with Crippen LogP contribution in [0.5, 0.6) is 11.5 Å². The number of rotatable bonds is 14. The SMILES string of the molecule is COCCCN1CCOc2ccc(CO[C@@H]3CN(S(=O)(=O)c4ccc(C)cc4)[C@@H](CC(O)C(C)C)CC3c3ccc(OC)cc3)cc21. The first-order chi connectivity index (χ1) is 22.6. The number of aliphatic hydroxyl groups excluding tert-OH is 1. The Morgan fingerprint density at radius 3 is 2.45 bits per heavy atom. The summed E-state index contributed by atoms with van der Waals surface area (Å²) in [4.78, 5) is 2.57. The van der Waals surface area contributed by atoms with Crippen molar-refractivity contribution in [3.63, 3.8) is 0 Å². The van der Waals surface area contributed by atoms with Crippen LogP contribution in [0.4, 0.5) is 5.69 Å². The Bertz CT molecular complexity index is 1550. The number of anilines is 1. The average Bonchev–Trinajstić information content (AvgIpc) is 3.07. The van der Waals surface area contributed by atoms with Crippen LogP contribution in [0.2, 0.25) is 0 Å². The van der Waals surface area contributed by atoms with Gasteiger partial charge in [0.05, 0.1) is 43.1 Å². The highest BCUT2D eigenvalue weighted by molar-refractivity contribution is 7.89. The van der Waals surface area contributed by atoms with Crippen molar-refractivity contribution in [2.45, 2.75) is 75.7 Å². The van der Waals surface area contributed by atoms with E-state index in [9.17, 15) is 13.5 Å². The molecule has 3 aromatic carbocycles. The van der Waals surface area contributed by atoms with E-state index in [0.717, 1.165) is 53.4 Å². The fourth-order valence-electron chi connectivity index (χ4n) is 6.53. The smallest absolute Gasteiger partial charge is 0.243 e. The van der Waals surface area contributed by atoms with Crippen molar-refractivity contribution >= 4 is 15.7 Å². The monoisotopic (exact) mass is 666 g/mol. The Kier molecular flexibility index (Phi) is 11.8. The van der Waals surface area contributed by atoms with Crippen molar-refractivity contribution in [2.24, 2.45) is 5.92 Å². The summed E-state index contributed by atoms with van der Waals surface area (Å²) < 4.78 is 53.4. The molecule has 3 aromatic rings. The molecule has 1 N–H and O–H groups in total. The standard InChI is InChI=1S/C37H50N2O7S/c1-26(2)35(40)23-30-22-33(29-10-12-31(44-5)13-11-29)37(24-39(30)47(41,42)32-14-7-27(3)8-15-32)46-25-28-9-16-36-34(21-28)38(18-20-45-36)17-6-19-43-4/h7-16,21,26,30,33,35,37,40H,6,17-20,22-25H2,1-5H3/t30-,33?,35?,37-/m1/s1. The summed E-state index contributed by atoms with van der Waals surface area (Å²) in [5.41, 5.74) is 4.07. The zero-order valence-corrected chi connectivity index (χ0v) is 29.1. The van der Waals surface area contributed by atoms with Gasteiger partial charge in [0.15, 0.2) is 0 Å². The molecule has 0 saturated carbocycles.